The Hall–Kier alpha value is -1.85. The molecule has 0 spiro atoms. The first-order chi connectivity index (χ1) is 7.33. The molecule has 5 nitrogen and oxygen atoms in total. The monoisotopic (exact) mass is 204 g/mol. The first kappa shape index (κ1) is 9.70. The van der Waals surface area contributed by atoms with Crippen molar-refractivity contribution in [1.29, 1.82) is 0 Å². The van der Waals surface area contributed by atoms with E-state index in [1.54, 1.807) is 31.0 Å². The summed E-state index contributed by atoms with van der Waals surface area (Å²) in [6, 6.07) is 3.37. The summed E-state index contributed by atoms with van der Waals surface area (Å²) < 4.78 is 5.00. The molecule has 2 rings (SSSR count). The predicted molar refractivity (Wildman–Crippen MR) is 56.5 cm³/mol. The van der Waals surface area contributed by atoms with E-state index in [0.29, 0.717) is 5.69 Å². The second-order valence-electron chi connectivity index (χ2n) is 3.16. The number of rotatable bonds is 3. The lowest BCUT2D eigenvalue weighted by Crippen LogP contribution is -2.29. The van der Waals surface area contributed by atoms with Crippen molar-refractivity contribution in [2.24, 2.45) is 5.84 Å². The third kappa shape index (κ3) is 1.83. The van der Waals surface area contributed by atoms with Crippen LogP contribution in [0.15, 0.2) is 41.5 Å². The lowest BCUT2D eigenvalue weighted by molar-refractivity contribution is 0.553. The molecule has 0 bridgehead atoms. The van der Waals surface area contributed by atoms with E-state index >= 15 is 0 Å². The molecule has 15 heavy (non-hydrogen) atoms. The second-order valence-corrected chi connectivity index (χ2v) is 3.16. The molecule has 2 heterocycles. The number of aromatic nitrogens is 1. The van der Waals surface area contributed by atoms with Gasteiger partial charge in [0.1, 0.15) is 0 Å². The van der Waals surface area contributed by atoms with Gasteiger partial charge in [-0.1, -0.05) is 0 Å². The lowest BCUT2D eigenvalue weighted by Gasteiger charge is -2.15. The summed E-state index contributed by atoms with van der Waals surface area (Å²) in [5.41, 5.74) is 10.9. The van der Waals surface area contributed by atoms with Gasteiger partial charge in [-0.15, -0.1) is 0 Å². The van der Waals surface area contributed by atoms with E-state index in [9.17, 15) is 0 Å². The molecule has 0 saturated carbocycles. The molecular weight excluding hydrogens is 192 g/mol. The number of nitrogens with one attached hydrogen (secondary N) is 1. The van der Waals surface area contributed by atoms with Crippen molar-refractivity contribution in [3.05, 3.63) is 48.2 Å². The molecule has 0 radical (unpaired) electrons. The maximum Gasteiger partial charge on any atom is 0.0954 e. The van der Waals surface area contributed by atoms with Crippen LogP contribution in [0.1, 0.15) is 17.2 Å². The van der Waals surface area contributed by atoms with E-state index in [1.807, 2.05) is 6.07 Å². The van der Waals surface area contributed by atoms with E-state index in [4.69, 9.17) is 16.0 Å². The van der Waals surface area contributed by atoms with E-state index in [1.165, 1.54) is 0 Å². The predicted octanol–water partition coefficient (Wildman–Crippen LogP) is 0.809. The fourth-order valence-corrected chi connectivity index (χ4v) is 1.46. The Morgan fingerprint density at radius 3 is 2.87 bits per heavy atom. The highest BCUT2D eigenvalue weighted by atomic mass is 16.3. The third-order valence-electron chi connectivity index (χ3n) is 2.24. The zero-order valence-corrected chi connectivity index (χ0v) is 8.05. The van der Waals surface area contributed by atoms with Gasteiger partial charge in [0, 0.05) is 29.2 Å². The Morgan fingerprint density at radius 2 is 2.27 bits per heavy atom. The Bertz CT molecular complexity index is 427. The highest BCUT2D eigenvalue weighted by molar-refractivity contribution is 5.49. The van der Waals surface area contributed by atoms with Crippen LogP contribution >= 0.6 is 0 Å². The summed E-state index contributed by atoms with van der Waals surface area (Å²) in [6.45, 7) is 0. The molecule has 2 aromatic rings. The Morgan fingerprint density at radius 1 is 1.40 bits per heavy atom. The molecule has 0 aromatic carbocycles. The molecular formula is C10H12N4O. The highest BCUT2D eigenvalue weighted by Crippen LogP contribution is 2.25. The minimum Gasteiger partial charge on any atom is -0.472 e. The number of hydrazine groups is 1. The van der Waals surface area contributed by atoms with Gasteiger partial charge in [-0.2, -0.15) is 0 Å². The number of hydrogen-bond acceptors (Lipinski definition) is 5. The van der Waals surface area contributed by atoms with Crippen LogP contribution < -0.4 is 17.0 Å². The van der Waals surface area contributed by atoms with Crippen molar-refractivity contribution < 1.29 is 4.42 Å². The van der Waals surface area contributed by atoms with E-state index in [2.05, 4.69) is 10.4 Å². The Kier molecular flexibility index (Phi) is 2.66. The summed E-state index contributed by atoms with van der Waals surface area (Å²) >= 11 is 0. The van der Waals surface area contributed by atoms with E-state index in [-0.39, 0.29) is 6.04 Å². The van der Waals surface area contributed by atoms with Gasteiger partial charge < -0.3 is 10.2 Å². The van der Waals surface area contributed by atoms with Crippen LogP contribution in [0.2, 0.25) is 0 Å². The van der Waals surface area contributed by atoms with Crippen LogP contribution in [0.3, 0.4) is 0 Å². The van der Waals surface area contributed by atoms with Gasteiger partial charge in [-0.25, -0.2) is 5.43 Å². The first-order valence-electron chi connectivity index (χ1n) is 4.50. The van der Waals surface area contributed by atoms with Crippen molar-refractivity contribution in [3.63, 3.8) is 0 Å². The van der Waals surface area contributed by atoms with Gasteiger partial charge in [0.2, 0.25) is 0 Å². The number of hydrogen-bond donors (Lipinski definition) is 3. The molecule has 5 N–H and O–H groups in total. The number of anilines is 1. The first-order valence-corrected chi connectivity index (χ1v) is 4.50. The smallest absolute Gasteiger partial charge is 0.0954 e. The maximum absolute atomic E-state index is 5.84. The molecule has 0 aliphatic heterocycles. The Balaban J connectivity index is 2.40. The normalized spacial score (nSPS) is 12.6. The lowest BCUT2D eigenvalue weighted by atomic mass is 10.0. The maximum atomic E-state index is 5.84. The molecule has 78 valence electrons. The van der Waals surface area contributed by atoms with Crippen LogP contribution in [0.25, 0.3) is 0 Å². The van der Waals surface area contributed by atoms with Crippen LogP contribution in [0.5, 0.6) is 0 Å². The van der Waals surface area contributed by atoms with Gasteiger partial charge in [-0.05, 0) is 12.1 Å². The zero-order valence-electron chi connectivity index (χ0n) is 8.05. The van der Waals surface area contributed by atoms with Gasteiger partial charge in [0.15, 0.2) is 0 Å². The summed E-state index contributed by atoms with van der Waals surface area (Å²) in [5.74, 6) is 5.49. The molecule has 2 aromatic heterocycles. The molecule has 1 unspecified atom stereocenters. The van der Waals surface area contributed by atoms with Crippen molar-refractivity contribution in [3.8, 4) is 0 Å². The summed E-state index contributed by atoms with van der Waals surface area (Å²) in [4.78, 5) is 4.02. The number of nitrogens with two attached hydrogens (primary N) is 2. The van der Waals surface area contributed by atoms with Crippen LogP contribution in [-0.4, -0.2) is 4.98 Å². The van der Waals surface area contributed by atoms with E-state index in [0.717, 1.165) is 11.1 Å². The average molecular weight is 204 g/mol. The number of furan rings is 1. The minimum atomic E-state index is -0.197. The second kappa shape index (κ2) is 4.12. The van der Waals surface area contributed by atoms with Crippen molar-refractivity contribution in [2.45, 2.75) is 6.04 Å². The summed E-state index contributed by atoms with van der Waals surface area (Å²) in [6.07, 6.45) is 6.54. The molecule has 1 atom stereocenters. The van der Waals surface area contributed by atoms with Crippen LogP contribution in [0, 0.1) is 0 Å². The zero-order chi connectivity index (χ0) is 10.7. The van der Waals surface area contributed by atoms with Crippen molar-refractivity contribution >= 4 is 5.69 Å². The van der Waals surface area contributed by atoms with Crippen molar-refractivity contribution in [2.75, 3.05) is 5.73 Å². The van der Waals surface area contributed by atoms with Crippen LogP contribution in [-0.2, 0) is 0 Å². The summed E-state index contributed by atoms with van der Waals surface area (Å²) in [7, 11) is 0. The minimum absolute atomic E-state index is 0.197. The molecule has 0 fully saturated rings. The fourth-order valence-electron chi connectivity index (χ4n) is 1.46. The molecule has 0 saturated heterocycles. The van der Waals surface area contributed by atoms with Gasteiger partial charge in [0.25, 0.3) is 0 Å². The number of nitrogen functional groups attached to an aromatic ring is 1. The van der Waals surface area contributed by atoms with Crippen molar-refractivity contribution in [1.82, 2.24) is 10.4 Å². The largest absolute Gasteiger partial charge is 0.472 e. The number of nitrogens with zero attached hydrogens (tertiary/aromatic N) is 1. The number of pyridine rings is 1. The van der Waals surface area contributed by atoms with Gasteiger partial charge >= 0.3 is 0 Å². The standard InChI is InChI=1S/C10H12N4O/c11-9-1-3-13-5-8(9)10(14-12)7-2-4-15-6-7/h1-6,10,14H,12H2,(H2,11,13). The SMILES string of the molecule is NNC(c1ccoc1)c1cnccc1N. The van der Waals surface area contributed by atoms with E-state index < -0.39 is 0 Å². The molecule has 0 amide bonds. The molecule has 0 aliphatic rings. The third-order valence-corrected chi connectivity index (χ3v) is 2.24. The van der Waals surface area contributed by atoms with Gasteiger partial charge in [-0.3, -0.25) is 10.8 Å². The average Bonchev–Trinajstić information content (AvgIpc) is 2.75. The molecule has 5 heteroatoms. The topological polar surface area (TPSA) is 90.1 Å². The quantitative estimate of drug-likeness (QED) is 0.508. The summed E-state index contributed by atoms with van der Waals surface area (Å²) in [5, 5.41) is 0. The highest BCUT2D eigenvalue weighted by Gasteiger charge is 2.15. The molecule has 0 aliphatic carbocycles. The van der Waals surface area contributed by atoms with Gasteiger partial charge in [0.05, 0.1) is 18.6 Å². The fraction of sp³-hybridized carbons (Fsp3) is 0.100. The Labute approximate surface area is 87.1 Å². The van der Waals surface area contributed by atoms with Crippen LogP contribution in [0.4, 0.5) is 5.69 Å².